The summed E-state index contributed by atoms with van der Waals surface area (Å²) in [5.41, 5.74) is 1.81. The summed E-state index contributed by atoms with van der Waals surface area (Å²) in [7, 11) is 0. The third-order valence-electron chi connectivity index (χ3n) is 2.84. The molecule has 0 amide bonds. The van der Waals surface area contributed by atoms with Crippen molar-refractivity contribution in [3.8, 4) is 11.5 Å². The molecule has 3 N–H and O–H groups in total. The lowest BCUT2D eigenvalue weighted by molar-refractivity contribution is 0.440. The molecule has 0 aliphatic heterocycles. The van der Waals surface area contributed by atoms with E-state index in [1.54, 1.807) is 18.5 Å². The number of hydrogen-bond donors (Lipinski definition) is 3. The number of phenols is 2. The molecule has 18 heavy (non-hydrogen) atoms. The van der Waals surface area contributed by atoms with Gasteiger partial charge in [-0.25, -0.2) is 0 Å². The molecule has 0 fully saturated rings. The normalized spacial score (nSPS) is 12.3. The van der Waals surface area contributed by atoms with E-state index in [1.165, 1.54) is 12.1 Å². The fourth-order valence-corrected chi connectivity index (χ4v) is 1.77. The van der Waals surface area contributed by atoms with Gasteiger partial charge >= 0.3 is 0 Å². The van der Waals surface area contributed by atoms with Crippen molar-refractivity contribution in [3.63, 3.8) is 0 Å². The number of nitrogens with one attached hydrogen (secondary N) is 1. The molecule has 0 spiro atoms. The molecule has 4 heteroatoms. The minimum absolute atomic E-state index is 0.0507. The van der Waals surface area contributed by atoms with Crippen LogP contribution in [0.15, 0.2) is 42.7 Å². The van der Waals surface area contributed by atoms with Gasteiger partial charge in [0.2, 0.25) is 0 Å². The first-order valence-electron chi connectivity index (χ1n) is 5.81. The van der Waals surface area contributed by atoms with Crippen LogP contribution < -0.4 is 5.32 Å². The van der Waals surface area contributed by atoms with Crippen molar-refractivity contribution >= 4 is 0 Å². The highest BCUT2D eigenvalue weighted by Crippen LogP contribution is 2.27. The maximum atomic E-state index is 9.74. The summed E-state index contributed by atoms with van der Waals surface area (Å²) in [5, 5.41) is 22.5. The SMILES string of the molecule is CC(NCc1ccncc1)c1cc(O)ccc1O. The second kappa shape index (κ2) is 5.51. The molecule has 0 aliphatic carbocycles. The monoisotopic (exact) mass is 244 g/mol. The van der Waals surface area contributed by atoms with Crippen LogP contribution >= 0.6 is 0 Å². The lowest BCUT2D eigenvalue weighted by atomic mass is 10.1. The largest absolute Gasteiger partial charge is 0.508 e. The molecule has 94 valence electrons. The van der Waals surface area contributed by atoms with Crippen molar-refractivity contribution in [2.24, 2.45) is 0 Å². The quantitative estimate of drug-likeness (QED) is 0.722. The minimum atomic E-state index is -0.0507. The van der Waals surface area contributed by atoms with Gasteiger partial charge in [-0.3, -0.25) is 4.98 Å². The maximum Gasteiger partial charge on any atom is 0.120 e. The van der Waals surface area contributed by atoms with E-state index >= 15 is 0 Å². The van der Waals surface area contributed by atoms with Gasteiger partial charge in [-0.2, -0.15) is 0 Å². The second-order valence-electron chi connectivity index (χ2n) is 4.20. The Balaban J connectivity index is 2.03. The Bertz CT molecular complexity index is 514. The Morgan fingerprint density at radius 2 is 1.89 bits per heavy atom. The average Bonchev–Trinajstić information content (AvgIpc) is 2.40. The Labute approximate surface area is 106 Å². The van der Waals surface area contributed by atoms with Gasteiger partial charge in [-0.1, -0.05) is 0 Å². The molecule has 2 aromatic rings. The van der Waals surface area contributed by atoms with Crippen LogP contribution in [0.3, 0.4) is 0 Å². The zero-order valence-electron chi connectivity index (χ0n) is 10.2. The lowest BCUT2D eigenvalue weighted by Crippen LogP contribution is -2.18. The number of aromatic hydroxyl groups is 2. The molecule has 0 bridgehead atoms. The van der Waals surface area contributed by atoms with E-state index in [1.807, 2.05) is 19.1 Å². The number of hydrogen-bond acceptors (Lipinski definition) is 4. The Morgan fingerprint density at radius 3 is 2.61 bits per heavy atom. The first kappa shape index (κ1) is 12.4. The van der Waals surface area contributed by atoms with Crippen LogP contribution in [0, 0.1) is 0 Å². The van der Waals surface area contributed by atoms with Crippen LogP contribution in [0.4, 0.5) is 0 Å². The molecule has 1 aromatic heterocycles. The highest BCUT2D eigenvalue weighted by molar-refractivity contribution is 5.40. The third kappa shape index (κ3) is 2.99. The van der Waals surface area contributed by atoms with Crippen LogP contribution in [0.25, 0.3) is 0 Å². The van der Waals surface area contributed by atoms with E-state index in [0.717, 1.165) is 5.56 Å². The van der Waals surface area contributed by atoms with Crippen LogP contribution in [0.5, 0.6) is 11.5 Å². The van der Waals surface area contributed by atoms with Gasteiger partial charge in [0.1, 0.15) is 11.5 Å². The molecule has 0 saturated carbocycles. The summed E-state index contributed by atoms with van der Waals surface area (Å²) < 4.78 is 0. The zero-order valence-corrected chi connectivity index (χ0v) is 10.2. The molecule has 1 atom stereocenters. The van der Waals surface area contributed by atoms with E-state index in [0.29, 0.717) is 12.1 Å². The number of benzene rings is 1. The molecular formula is C14H16N2O2. The first-order chi connectivity index (χ1) is 8.66. The van der Waals surface area contributed by atoms with Crippen LogP contribution in [-0.2, 0) is 6.54 Å². The van der Waals surface area contributed by atoms with E-state index in [-0.39, 0.29) is 17.5 Å². The Kier molecular flexibility index (Phi) is 3.79. The van der Waals surface area contributed by atoms with Crippen molar-refractivity contribution in [2.75, 3.05) is 0 Å². The van der Waals surface area contributed by atoms with E-state index in [9.17, 15) is 10.2 Å². The highest BCUT2D eigenvalue weighted by Gasteiger charge is 2.10. The summed E-state index contributed by atoms with van der Waals surface area (Å²) in [5.74, 6) is 0.336. The van der Waals surface area contributed by atoms with E-state index in [4.69, 9.17) is 0 Å². The topological polar surface area (TPSA) is 65.4 Å². The molecule has 1 unspecified atom stereocenters. The fraction of sp³-hybridized carbons (Fsp3) is 0.214. The molecule has 1 aromatic carbocycles. The highest BCUT2D eigenvalue weighted by atomic mass is 16.3. The fourth-order valence-electron chi connectivity index (χ4n) is 1.77. The van der Waals surface area contributed by atoms with Gasteiger partial charge in [0.15, 0.2) is 0 Å². The second-order valence-corrected chi connectivity index (χ2v) is 4.20. The lowest BCUT2D eigenvalue weighted by Gasteiger charge is -2.15. The number of aromatic nitrogens is 1. The van der Waals surface area contributed by atoms with Gasteiger partial charge < -0.3 is 15.5 Å². The van der Waals surface area contributed by atoms with Gasteiger partial charge in [0, 0.05) is 30.5 Å². The van der Waals surface area contributed by atoms with Crippen molar-refractivity contribution in [1.29, 1.82) is 0 Å². The number of rotatable bonds is 4. The van der Waals surface area contributed by atoms with Crippen molar-refractivity contribution < 1.29 is 10.2 Å². The average molecular weight is 244 g/mol. The van der Waals surface area contributed by atoms with Crippen LogP contribution in [0.2, 0.25) is 0 Å². The summed E-state index contributed by atoms with van der Waals surface area (Å²) in [4.78, 5) is 3.96. The number of nitrogens with zero attached hydrogens (tertiary/aromatic N) is 1. The van der Waals surface area contributed by atoms with Gasteiger partial charge in [-0.15, -0.1) is 0 Å². The zero-order chi connectivity index (χ0) is 13.0. The molecule has 2 rings (SSSR count). The standard InChI is InChI=1S/C14H16N2O2/c1-10(13-8-12(17)2-3-14(13)18)16-9-11-4-6-15-7-5-11/h2-8,10,16-18H,9H2,1H3. The van der Waals surface area contributed by atoms with Crippen LogP contribution in [-0.4, -0.2) is 15.2 Å². The molecule has 4 nitrogen and oxygen atoms in total. The van der Waals surface area contributed by atoms with Crippen LogP contribution in [0.1, 0.15) is 24.1 Å². The third-order valence-corrected chi connectivity index (χ3v) is 2.84. The minimum Gasteiger partial charge on any atom is -0.508 e. The number of pyridine rings is 1. The molecular weight excluding hydrogens is 228 g/mol. The Hall–Kier alpha value is -2.07. The molecule has 0 aliphatic rings. The van der Waals surface area contributed by atoms with Gasteiger partial charge in [0.05, 0.1) is 0 Å². The predicted molar refractivity (Wildman–Crippen MR) is 69.3 cm³/mol. The summed E-state index contributed by atoms with van der Waals surface area (Å²) in [6.07, 6.45) is 3.49. The molecule has 0 radical (unpaired) electrons. The van der Waals surface area contributed by atoms with Crippen molar-refractivity contribution in [2.45, 2.75) is 19.5 Å². The smallest absolute Gasteiger partial charge is 0.120 e. The number of phenolic OH excluding ortho intramolecular Hbond substituents is 2. The molecule has 1 heterocycles. The summed E-state index contributed by atoms with van der Waals surface area (Å²) >= 11 is 0. The molecule has 0 saturated heterocycles. The van der Waals surface area contributed by atoms with Gasteiger partial charge in [0.25, 0.3) is 0 Å². The Morgan fingerprint density at radius 1 is 1.17 bits per heavy atom. The summed E-state index contributed by atoms with van der Waals surface area (Å²) in [6.45, 7) is 2.62. The van der Waals surface area contributed by atoms with E-state index < -0.39 is 0 Å². The van der Waals surface area contributed by atoms with Crippen molar-refractivity contribution in [1.82, 2.24) is 10.3 Å². The van der Waals surface area contributed by atoms with Gasteiger partial charge in [-0.05, 0) is 42.8 Å². The van der Waals surface area contributed by atoms with Crippen molar-refractivity contribution in [3.05, 3.63) is 53.9 Å². The first-order valence-corrected chi connectivity index (χ1v) is 5.81. The predicted octanol–water partition coefficient (Wildman–Crippen LogP) is 2.34. The van der Waals surface area contributed by atoms with E-state index in [2.05, 4.69) is 10.3 Å². The maximum absolute atomic E-state index is 9.74. The summed E-state index contributed by atoms with van der Waals surface area (Å²) in [6, 6.07) is 8.35.